The van der Waals surface area contributed by atoms with Gasteiger partial charge in [0.1, 0.15) is 11.5 Å². The SMILES string of the molecule is Cc1ccc(-c2nc(C)n(C)c2C(=O)O)cc1C. The Morgan fingerprint density at radius 1 is 1.22 bits per heavy atom. The van der Waals surface area contributed by atoms with Crippen molar-refractivity contribution in [3.63, 3.8) is 0 Å². The van der Waals surface area contributed by atoms with Crippen molar-refractivity contribution in [1.29, 1.82) is 0 Å². The highest BCUT2D eigenvalue weighted by atomic mass is 16.4. The molecule has 0 aliphatic carbocycles. The molecule has 0 amide bonds. The van der Waals surface area contributed by atoms with Crippen LogP contribution in [0.15, 0.2) is 18.2 Å². The molecule has 4 nitrogen and oxygen atoms in total. The summed E-state index contributed by atoms with van der Waals surface area (Å²) < 4.78 is 1.60. The van der Waals surface area contributed by atoms with Crippen LogP contribution in [0.5, 0.6) is 0 Å². The number of carboxylic acids is 1. The minimum Gasteiger partial charge on any atom is -0.477 e. The summed E-state index contributed by atoms with van der Waals surface area (Å²) in [5.41, 5.74) is 3.93. The van der Waals surface area contributed by atoms with Crippen molar-refractivity contribution in [2.75, 3.05) is 0 Å². The van der Waals surface area contributed by atoms with E-state index in [1.165, 1.54) is 5.56 Å². The van der Waals surface area contributed by atoms with E-state index in [1.54, 1.807) is 18.5 Å². The number of aromatic nitrogens is 2. The topological polar surface area (TPSA) is 55.1 Å². The van der Waals surface area contributed by atoms with Crippen LogP contribution in [0, 0.1) is 20.8 Å². The highest BCUT2D eigenvalue weighted by Crippen LogP contribution is 2.25. The van der Waals surface area contributed by atoms with Crippen molar-refractivity contribution < 1.29 is 9.90 Å². The molecule has 0 aliphatic rings. The molecule has 18 heavy (non-hydrogen) atoms. The van der Waals surface area contributed by atoms with Crippen molar-refractivity contribution in [1.82, 2.24) is 9.55 Å². The van der Waals surface area contributed by atoms with Crippen molar-refractivity contribution in [2.45, 2.75) is 20.8 Å². The average Bonchev–Trinajstić information content (AvgIpc) is 2.59. The molecule has 1 N–H and O–H groups in total. The first-order chi connectivity index (χ1) is 8.41. The molecule has 2 aromatic rings. The Balaban J connectivity index is 2.67. The van der Waals surface area contributed by atoms with Gasteiger partial charge in [0.05, 0.1) is 0 Å². The summed E-state index contributed by atoms with van der Waals surface area (Å²) in [6.07, 6.45) is 0. The Hall–Kier alpha value is -2.10. The fraction of sp³-hybridized carbons (Fsp3) is 0.286. The maximum absolute atomic E-state index is 11.3. The maximum Gasteiger partial charge on any atom is 0.354 e. The molecule has 0 unspecified atom stereocenters. The number of hydrogen-bond acceptors (Lipinski definition) is 2. The van der Waals surface area contributed by atoms with Gasteiger partial charge in [0.2, 0.25) is 0 Å². The minimum absolute atomic E-state index is 0.232. The first-order valence-corrected chi connectivity index (χ1v) is 5.76. The van der Waals surface area contributed by atoms with Gasteiger partial charge in [-0.3, -0.25) is 0 Å². The number of nitrogens with zero attached hydrogens (tertiary/aromatic N) is 2. The van der Waals surface area contributed by atoms with Crippen LogP contribution in [0.4, 0.5) is 0 Å². The standard InChI is InChI=1S/C14H16N2O2/c1-8-5-6-11(7-9(8)2)12-13(14(17)18)16(4)10(3)15-12/h5-7H,1-4H3,(H,17,18). The summed E-state index contributed by atoms with van der Waals surface area (Å²) >= 11 is 0. The molecule has 0 radical (unpaired) electrons. The van der Waals surface area contributed by atoms with E-state index >= 15 is 0 Å². The zero-order valence-electron chi connectivity index (χ0n) is 11.0. The lowest BCUT2D eigenvalue weighted by Crippen LogP contribution is -2.06. The predicted molar refractivity (Wildman–Crippen MR) is 69.8 cm³/mol. The second-order valence-electron chi connectivity index (χ2n) is 4.52. The lowest BCUT2D eigenvalue weighted by atomic mass is 10.0. The van der Waals surface area contributed by atoms with E-state index in [0.29, 0.717) is 11.5 Å². The molecule has 0 spiro atoms. The summed E-state index contributed by atoms with van der Waals surface area (Å²) in [6, 6.07) is 5.88. The molecule has 1 aromatic carbocycles. The van der Waals surface area contributed by atoms with Crippen molar-refractivity contribution in [3.05, 3.63) is 40.8 Å². The van der Waals surface area contributed by atoms with Crippen molar-refractivity contribution in [3.8, 4) is 11.3 Å². The third-order valence-electron chi connectivity index (χ3n) is 3.30. The number of imidazole rings is 1. The molecule has 4 heteroatoms. The number of aryl methyl sites for hydroxylation is 3. The van der Waals surface area contributed by atoms with Gasteiger partial charge in [0.25, 0.3) is 0 Å². The van der Waals surface area contributed by atoms with E-state index in [4.69, 9.17) is 0 Å². The Labute approximate surface area is 106 Å². The van der Waals surface area contributed by atoms with Crippen LogP contribution in [0.3, 0.4) is 0 Å². The van der Waals surface area contributed by atoms with E-state index in [0.717, 1.165) is 11.1 Å². The van der Waals surface area contributed by atoms with Crippen LogP contribution in [0.1, 0.15) is 27.4 Å². The van der Waals surface area contributed by atoms with Crippen LogP contribution < -0.4 is 0 Å². The monoisotopic (exact) mass is 244 g/mol. The number of carbonyl (C=O) groups is 1. The predicted octanol–water partition coefficient (Wildman–Crippen LogP) is 2.71. The van der Waals surface area contributed by atoms with E-state index in [-0.39, 0.29) is 5.69 Å². The quantitative estimate of drug-likeness (QED) is 0.883. The Morgan fingerprint density at radius 2 is 1.89 bits per heavy atom. The van der Waals surface area contributed by atoms with Crippen LogP contribution in [-0.4, -0.2) is 20.6 Å². The lowest BCUT2D eigenvalue weighted by molar-refractivity contribution is 0.0687. The Morgan fingerprint density at radius 3 is 2.44 bits per heavy atom. The van der Waals surface area contributed by atoms with Crippen LogP contribution in [-0.2, 0) is 7.05 Å². The highest BCUT2D eigenvalue weighted by Gasteiger charge is 2.20. The van der Waals surface area contributed by atoms with E-state index in [9.17, 15) is 9.90 Å². The second-order valence-corrected chi connectivity index (χ2v) is 4.52. The number of hydrogen-bond donors (Lipinski definition) is 1. The van der Waals surface area contributed by atoms with Crippen LogP contribution >= 0.6 is 0 Å². The van der Waals surface area contributed by atoms with E-state index in [2.05, 4.69) is 4.98 Å². The lowest BCUT2D eigenvalue weighted by Gasteiger charge is -2.04. The van der Waals surface area contributed by atoms with Gasteiger partial charge in [-0.15, -0.1) is 0 Å². The zero-order chi connectivity index (χ0) is 13.4. The zero-order valence-corrected chi connectivity index (χ0v) is 11.0. The normalized spacial score (nSPS) is 10.7. The fourth-order valence-electron chi connectivity index (χ4n) is 1.95. The van der Waals surface area contributed by atoms with Crippen molar-refractivity contribution >= 4 is 5.97 Å². The first-order valence-electron chi connectivity index (χ1n) is 5.76. The smallest absolute Gasteiger partial charge is 0.354 e. The largest absolute Gasteiger partial charge is 0.477 e. The Bertz CT molecular complexity index is 627. The third kappa shape index (κ3) is 1.90. The molecule has 0 atom stereocenters. The van der Waals surface area contributed by atoms with Gasteiger partial charge in [0, 0.05) is 12.6 Å². The minimum atomic E-state index is -0.952. The molecular weight excluding hydrogens is 228 g/mol. The highest BCUT2D eigenvalue weighted by molar-refractivity contribution is 5.93. The second kappa shape index (κ2) is 4.29. The molecule has 0 fully saturated rings. The molecule has 94 valence electrons. The molecular formula is C14H16N2O2. The van der Waals surface area contributed by atoms with E-state index in [1.807, 2.05) is 32.0 Å². The number of benzene rings is 1. The van der Waals surface area contributed by atoms with Gasteiger partial charge >= 0.3 is 5.97 Å². The van der Waals surface area contributed by atoms with Crippen LogP contribution in [0.25, 0.3) is 11.3 Å². The van der Waals surface area contributed by atoms with Gasteiger partial charge in [-0.1, -0.05) is 12.1 Å². The molecule has 2 rings (SSSR count). The van der Waals surface area contributed by atoms with Crippen molar-refractivity contribution in [2.24, 2.45) is 7.05 Å². The Kier molecular flexibility index (Phi) is 2.95. The molecule has 0 bridgehead atoms. The molecule has 1 aromatic heterocycles. The molecule has 1 heterocycles. The van der Waals surface area contributed by atoms with Gasteiger partial charge < -0.3 is 9.67 Å². The van der Waals surface area contributed by atoms with Crippen LogP contribution in [0.2, 0.25) is 0 Å². The number of carboxylic acid groups (broad SMARTS) is 1. The fourth-order valence-corrected chi connectivity index (χ4v) is 1.95. The molecule has 0 saturated heterocycles. The van der Waals surface area contributed by atoms with E-state index < -0.39 is 5.97 Å². The average molecular weight is 244 g/mol. The summed E-state index contributed by atoms with van der Waals surface area (Å²) in [7, 11) is 1.72. The summed E-state index contributed by atoms with van der Waals surface area (Å²) in [5.74, 6) is -0.257. The summed E-state index contributed by atoms with van der Waals surface area (Å²) in [4.78, 5) is 15.7. The summed E-state index contributed by atoms with van der Waals surface area (Å²) in [6.45, 7) is 5.84. The van der Waals surface area contributed by atoms with Gasteiger partial charge in [-0.25, -0.2) is 9.78 Å². The number of rotatable bonds is 2. The third-order valence-corrected chi connectivity index (χ3v) is 3.30. The molecule has 0 saturated carbocycles. The van der Waals surface area contributed by atoms with Gasteiger partial charge in [0.15, 0.2) is 5.69 Å². The number of aromatic carboxylic acids is 1. The van der Waals surface area contributed by atoms with Gasteiger partial charge in [-0.05, 0) is 38.0 Å². The first kappa shape index (κ1) is 12.4. The maximum atomic E-state index is 11.3. The summed E-state index contributed by atoms with van der Waals surface area (Å²) in [5, 5.41) is 9.28. The van der Waals surface area contributed by atoms with Gasteiger partial charge in [-0.2, -0.15) is 0 Å². The molecule has 0 aliphatic heterocycles.